The maximum absolute atomic E-state index is 5.69. The molecule has 0 rings (SSSR count). The molecule has 0 spiro atoms. The minimum atomic E-state index is 0.761. The smallest absolute Gasteiger partial charge is 0.00489 e. The van der Waals surface area contributed by atoms with Gasteiger partial charge in [0.25, 0.3) is 0 Å². The van der Waals surface area contributed by atoms with Crippen LogP contribution in [0, 0.1) is 11.8 Å². The van der Waals surface area contributed by atoms with Crippen LogP contribution in [0.5, 0.6) is 0 Å². The average Bonchev–Trinajstić information content (AvgIpc) is 2.14. The van der Waals surface area contributed by atoms with E-state index in [1.54, 1.807) is 0 Å². The normalized spacial score (nSPS) is 15.7. The molecule has 0 aliphatic rings. The van der Waals surface area contributed by atoms with Gasteiger partial charge in [0.1, 0.15) is 0 Å². The van der Waals surface area contributed by atoms with Crippen molar-refractivity contribution >= 4 is 0 Å². The minimum Gasteiger partial charge on any atom is -0.330 e. The molecular weight excluding hydrogens is 158 g/mol. The Kier molecular flexibility index (Phi) is 8.53. The molecule has 1 heteroatoms. The lowest BCUT2D eigenvalue weighted by atomic mass is 9.90. The summed E-state index contributed by atoms with van der Waals surface area (Å²) in [5.74, 6) is 1.64. The van der Waals surface area contributed by atoms with E-state index in [1.807, 2.05) is 0 Å². The molecule has 1 nitrogen and oxygen atoms in total. The zero-order valence-electron chi connectivity index (χ0n) is 9.68. The van der Waals surface area contributed by atoms with Crippen LogP contribution in [-0.2, 0) is 0 Å². The van der Waals surface area contributed by atoms with Crippen molar-refractivity contribution in [2.24, 2.45) is 17.6 Å². The summed E-state index contributed by atoms with van der Waals surface area (Å²) >= 11 is 0. The average molecular weight is 185 g/mol. The predicted molar refractivity (Wildman–Crippen MR) is 60.8 cm³/mol. The van der Waals surface area contributed by atoms with E-state index >= 15 is 0 Å². The lowest BCUT2D eigenvalue weighted by molar-refractivity contribution is 0.362. The Bertz CT molecular complexity index is 97.3. The molecule has 0 heterocycles. The topological polar surface area (TPSA) is 26.0 Å². The Labute approximate surface area is 84.1 Å². The molecule has 0 fully saturated rings. The second-order valence-electron chi connectivity index (χ2n) is 4.35. The van der Waals surface area contributed by atoms with Crippen molar-refractivity contribution in [2.45, 2.75) is 59.3 Å². The molecule has 0 aliphatic carbocycles. The van der Waals surface area contributed by atoms with Gasteiger partial charge in [0.15, 0.2) is 0 Å². The molecular formula is C12H27N. The van der Waals surface area contributed by atoms with Gasteiger partial charge in [-0.1, -0.05) is 52.9 Å². The first-order valence-electron chi connectivity index (χ1n) is 5.94. The highest BCUT2D eigenvalue weighted by molar-refractivity contribution is 4.63. The molecule has 2 atom stereocenters. The third-order valence-electron chi connectivity index (χ3n) is 2.95. The number of hydrogen-bond acceptors (Lipinski definition) is 1. The summed E-state index contributed by atoms with van der Waals surface area (Å²) in [4.78, 5) is 0. The molecule has 0 aromatic carbocycles. The second-order valence-corrected chi connectivity index (χ2v) is 4.35. The Hall–Kier alpha value is -0.0400. The zero-order chi connectivity index (χ0) is 10.1. The van der Waals surface area contributed by atoms with Crippen molar-refractivity contribution in [3.05, 3.63) is 0 Å². The van der Waals surface area contributed by atoms with Crippen LogP contribution < -0.4 is 5.73 Å². The molecule has 13 heavy (non-hydrogen) atoms. The molecule has 0 aliphatic heterocycles. The molecule has 2 N–H and O–H groups in total. The van der Waals surface area contributed by atoms with E-state index in [-0.39, 0.29) is 0 Å². The van der Waals surface area contributed by atoms with Crippen molar-refractivity contribution < 1.29 is 0 Å². The van der Waals surface area contributed by atoms with Crippen molar-refractivity contribution in [1.29, 1.82) is 0 Å². The quantitative estimate of drug-likeness (QED) is 0.575. The Morgan fingerprint density at radius 1 is 1.15 bits per heavy atom. The van der Waals surface area contributed by atoms with E-state index in [0.29, 0.717) is 0 Å². The third-order valence-corrected chi connectivity index (χ3v) is 2.95. The summed E-state index contributed by atoms with van der Waals surface area (Å²) in [5, 5.41) is 0. The monoisotopic (exact) mass is 185 g/mol. The van der Waals surface area contributed by atoms with Crippen molar-refractivity contribution in [1.82, 2.24) is 0 Å². The molecule has 80 valence electrons. The highest BCUT2D eigenvalue weighted by Gasteiger charge is 2.09. The van der Waals surface area contributed by atoms with Gasteiger partial charge in [0.05, 0.1) is 0 Å². The third kappa shape index (κ3) is 7.06. The molecule has 0 radical (unpaired) electrons. The van der Waals surface area contributed by atoms with Crippen LogP contribution in [0.2, 0.25) is 0 Å². The van der Waals surface area contributed by atoms with Crippen molar-refractivity contribution in [3.8, 4) is 0 Å². The molecule has 0 amide bonds. The van der Waals surface area contributed by atoms with Crippen molar-refractivity contribution in [2.75, 3.05) is 6.54 Å². The molecule has 0 saturated heterocycles. The number of unbranched alkanes of at least 4 members (excludes halogenated alkanes) is 2. The number of hydrogen-bond donors (Lipinski definition) is 1. The van der Waals surface area contributed by atoms with E-state index in [2.05, 4.69) is 20.8 Å². The van der Waals surface area contributed by atoms with Gasteiger partial charge in [-0.05, 0) is 24.8 Å². The lowest BCUT2D eigenvalue weighted by Crippen LogP contribution is -2.16. The maximum atomic E-state index is 5.69. The van der Waals surface area contributed by atoms with Crippen molar-refractivity contribution in [3.63, 3.8) is 0 Å². The van der Waals surface area contributed by atoms with Gasteiger partial charge in [0.2, 0.25) is 0 Å². The molecule has 0 unspecified atom stereocenters. The van der Waals surface area contributed by atoms with Crippen LogP contribution in [0.1, 0.15) is 59.3 Å². The second kappa shape index (κ2) is 8.55. The first-order valence-corrected chi connectivity index (χ1v) is 5.94. The Morgan fingerprint density at radius 2 is 1.85 bits per heavy atom. The summed E-state index contributed by atoms with van der Waals surface area (Å²) in [7, 11) is 0. The Morgan fingerprint density at radius 3 is 2.31 bits per heavy atom. The highest BCUT2D eigenvalue weighted by atomic mass is 14.5. The van der Waals surface area contributed by atoms with E-state index in [4.69, 9.17) is 5.73 Å². The number of nitrogens with two attached hydrogens (primary N) is 1. The van der Waals surface area contributed by atoms with E-state index in [0.717, 1.165) is 18.4 Å². The summed E-state index contributed by atoms with van der Waals surface area (Å²) in [6.07, 6.45) is 8.10. The molecule has 0 bridgehead atoms. The fraction of sp³-hybridized carbons (Fsp3) is 1.00. The fourth-order valence-electron chi connectivity index (χ4n) is 1.86. The minimum absolute atomic E-state index is 0.761. The SMILES string of the molecule is CCCCC[C@@H](C)C[C@@H](CC)CN. The number of rotatable bonds is 8. The maximum Gasteiger partial charge on any atom is -0.00489 e. The van der Waals surface area contributed by atoms with Gasteiger partial charge in [0, 0.05) is 0 Å². The van der Waals surface area contributed by atoms with Gasteiger partial charge in [-0.15, -0.1) is 0 Å². The predicted octanol–water partition coefficient (Wildman–Crippen LogP) is 3.58. The van der Waals surface area contributed by atoms with Crippen LogP contribution >= 0.6 is 0 Å². The van der Waals surface area contributed by atoms with Crippen LogP contribution in [0.15, 0.2) is 0 Å². The van der Waals surface area contributed by atoms with Gasteiger partial charge in [-0.3, -0.25) is 0 Å². The van der Waals surface area contributed by atoms with Gasteiger partial charge >= 0.3 is 0 Å². The standard InChI is InChI=1S/C12H27N/c1-4-6-7-8-11(3)9-12(5-2)10-13/h11-12H,4-10,13H2,1-3H3/t11-,12-/m1/s1. The highest BCUT2D eigenvalue weighted by Crippen LogP contribution is 2.19. The van der Waals surface area contributed by atoms with E-state index < -0.39 is 0 Å². The zero-order valence-corrected chi connectivity index (χ0v) is 9.68. The van der Waals surface area contributed by atoms with E-state index in [9.17, 15) is 0 Å². The Balaban J connectivity index is 3.42. The lowest BCUT2D eigenvalue weighted by Gasteiger charge is -2.17. The first-order chi connectivity index (χ1) is 6.24. The first kappa shape index (κ1) is 13.0. The summed E-state index contributed by atoms with van der Waals surface area (Å²) in [6.45, 7) is 7.75. The van der Waals surface area contributed by atoms with Gasteiger partial charge in [-0.2, -0.15) is 0 Å². The van der Waals surface area contributed by atoms with Crippen LogP contribution in [0.25, 0.3) is 0 Å². The largest absolute Gasteiger partial charge is 0.330 e. The van der Waals surface area contributed by atoms with Gasteiger partial charge in [-0.25, -0.2) is 0 Å². The molecule has 0 aromatic rings. The van der Waals surface area contributed by atoms with Crippen LogP contribution in [-0.4, -0.2) is 6.54 Å². The van der Waals surface area contributed by atoms with Gasteiger partial charge < -0.3 is 5.73 Å². The fourth-order valence-corrected chi connectivity index (χ4v) is 1.86. The molecule has 0 aromatic heterocycles. The van der Waals surface area contributed by atoms with Crippen LogP contribution in [0.4, 0.5) is 0 Å². The summed E-state index contributed by atoms with van der Waals surface area (Å²) < 4.78 is 0. The van der Waals surface area contributed by atoms with Crippen LogP contribution in [0.3, 0.4) is 0 Å². The summed E-state index contributed by atoms with van der Waals surface area (Å²) in [6, 6.07) is 0. The van der Waals surface area contributed by atoms with E-state index in [1.165, 1.54) is 38.5 Å². The molecule has 0 saturated carbocycles. The summed E-state index contributed by atoms with van der Waals surface area (Å²) in [5.41, 5.74) is 5.69.